The molecule has 1 aromatic carbocycles. The lowest BCUT2D eigenvalue weighted by Gasteiger charge is -2.14. The van der Waals surface area contributed by atoms with Gasteiger partial charge in [0.25, 0.3) is 5.91 Å². The van der Waals surface area contributed by atoms with Crippen molar-refractivity contribution in [3.05, 3.63) is 34.4 Å². The SMILES string of the molecule is CC(C)CC(O)CNC(=O)COc1ccccc1[N+](=O)[O-]. The fraction of sp³-hybridized carbons (Fsp3) is 0.500. The molecule has 0 saturated heterocycles. The summed E-state index contributed by atoms with van der Waals surface area (Å²) in [4.78, 5) is 21.8. The Morgan fingerprint density at radius 3 is 2.71 bits per heavy atom. The number of ether oxygens (including phenoxy) is 1. The van der Waals surface area contributed by atoms with Crippen LogP contribution in [-0.2, 0) is 4.79 Å². The van der Waals surface area contributed by atoms with Crippen molar-refractivity contribution in [3.63, 3.8) is 0 Å². The molecule has 1 atom stereocenters. The van der Waals surface area contributed by atoms with Crippen LogP contribution in [0.4, 0.5) is 5.69 Å². The van der Waals surface area contributed by atoms with E-state index >= 15 is 0 Å². The zero-order valence-corrected chi connectivity index (χ0v) is 12.1. The van der Waals surface area contributed by atoms with Crippen molar-refractivity contribution in [2.24, 2.45) is 5.92 Å². The monoisotopic (exact) mass is 296 g/mol. The summed E-state index contributed by atoms with van der Waals surface area (Å²) in [6, 6.07) is 5.85. The van der Waals surface area contributed by atoms with Crippen LogP contribution >= 0.6 is 0 Å². The van der Waals surface area contributed by atoms with Crippen LogP contribution < -0.4 is 10.1 Å². The molecule has 2 N–H and O–H groups in total. The number of para-hydroxylation sites is 2. The number of nitro benzene ring substituents is 1. The normalized spacial score (nSPS) is 12.0. The van der Waals surface area contributed by atoms with E-state index in [1.165, 1.54) is 18.2 Å². The fourth-order valence-corrected chi connectivity index (χ4v) is 1.78. The van der Waals surface area contributed by atoms with Crippen LogP contribution in [0.3, 0.4) is 0 Å². The summed E-state index contributed by atoms with van der Waals surface area (Å²) in [5.41, 5.74) is -0.190. The summed E-state index contributed by atoms with van der Waals surface area (Å²) in [6.07, 6.45) is -0.0225. The van der Waals surface area contributed by atoms with Gasteiger partial charge in [-0.3, -0.25) is 14.9 Å². The number of benzene rings is 1. The van der Waals surface area contributed by atoms with Crippen molar-refractivity contribution in [1.82, 2.24) is 5.32 Å². The summed E-state index contributed by atoms with van der Waals surface area (Å²) in [6.45, 7) is 3.75. The first kappa shape index (κ1) is 16.9. The Bertz CT molecular complexity index is 490. The van der Waals surface area contributed by atoms with Crippen molar-refractivity contribution >= 4 is 11.6 Å². The van der Waals surface area contributed by atoms with Gasteiger partial charge in [-0.1, -0.05) is 26.0 Å². The number of hydrogen-bond donors (Lipinski definition) is 2. The first-order valence-corrected chi connectivity index (χ1v) is 6.71. The maximum absolute atomic E-state index is 11.6. The molecule has 0 aliphatic carbocycles. The Kier molecular flexibility index (Phi) is 6.61. The van der Waals surface area contributed by atoms with E-state index in [0.29, 0.717) is 12.3 Å². The average molecular weight is 296 g/mol. The zero-order chi connectivity index (χ0) is 15.8. The van der Waals surface area contributed by atoms with Crippen LogP contribution in [0.15, 0.2) is 24.3 Å². The van der Waals surface area contributed by atoms with Crippen LogP contribution in [0.5, 0.6) is 5.75 Å². The van der Waals surface area contributed by atoms with Crippen molar-refractivity contribution < 1.29 is 19.6 Å². The first-order chi connectivity index (χ1) is 9.90. The lowest BCUT2D eigenvalue weighted by molar-refractivity contribution is -0.385. The van der Waals surface area contributed by atoms with Gasteiger partial charge in [-0.15, -0.1) is 0 Å². The highest BCUT2D eigenvalue weighted by Gasteiger charge is 2.15. The molecule has 0 heterocycles. The number of aliphatic hydroxyl groups is 1. The molecular weight excluding hydrogens is 276 g/mol. The van der Waals surface area contributed by atoms with Crippen molar-refractivity contribution in [2.45, 2.75) is 26.4 Å². The van der Waals surface area contributed by atoms with Crippen molar-refractivity contribution in [3.8, 4) is 5.75 Å². The maximum Gasteiger partial charge on any atom is 0.310 e. The van der Waals surface area contributed by atoms with Gasteiger partial charge < -0.3 is 15.2 Å². The van der Waals surface area contributed by atoms with E-state index < -0.39 is 16.9 Å². The second-order valence-electron chi connectivity index (χ2n) is 5.10. The van der Waals surface area contributed by atoms with Crippen LogP contribution in [0, 0.1) is 16.0 Å². The Morgan fingerprint density at radius 2 is 2.10 bits per heavy atom. The van der Waals surface area contributed by atoms with Gasteiger partial charge in [0.15, 0.2) is 12.4 Å². The fourth-order valence-electron chi connectivity index (χ4n) is 1.78. The highest BCUT2D eigenvalue weighted by Crippen LogP contribution is 2.25. The smallest absolute Gasteiger partial charge is 0.310 e. The molecular formula is C14H20N2O5. The van der Waals surface area contributed by atoms with Gasteiger partial charge in [-0.05, 0) is 18.4 Å². The van der Waals surface area contributed by atoms with E-state index in [9.17, 15) is 20.0 Å². The number of amides is 1. The molecule has 0 saturated carbocycles. The minimum Gasteiger partial charge on any atom is -0.477 e. The predicted molar refractivity (Wildman–Crippen MR) is 77.1 cm³/mol. The van der Waals surface area contributed by atoms with E-state index in [1.807, 2.05) is 13.8 Å². The number of rotatable bonds is 8. The second-order valence-corrected chi connectivity index (χ2v) is 5.10. The average Bonchev–Trinajstić information content (AvgIpc) is 2.42. The number of nitrogens with one attached hydrogen (secondary N) is 1. The minimum atomic E-state index is -0.611. The number of hydrogen-bond acceptors (Lipinski definition) is 5. The van der Waals surface area contributed by atoms with E-state index in [4.69, 9.17) is 4.74 Å². The lowest BCUT2D eigenvalue weighted by Crippen LogP contribution is -2.35. The highest BCUT2D eigenvalue weighted by atomic mass is 16.6. The third-order valence-electron chi connectivity index (χ3n) is 2.70. The number of nitrogens with zero attached hydrogens (tertiary/aromatic N) is 1. The summed E-state index contributed by atoms with van der Waals surface area (Å²) in [7, 11) is 0. The summed E-state index contributed by atoms with van der Waals surface area (Å²) >= 11 is 0. The standard InChI is InChI=1S/C14H20N2O5/c1-10(2)7-11(17)8-15-14(18)9-21-13-6-4-3-5-12(13)16(19)20/h3-6,10-11,17H,7-9H2,1-2H3,(H,15,18). The topological polar surface area (TPSA) is 102 Å². The van der Waals surface area contributed by atoms with E-state index in [0.717, 1.165) is 0 Å². The Morgan fingerprint density at radius 1 is 1.43 bits per heavy atom. The molecule has 1 aromatic rings. The van der Waals surface area contributed by atoms with Gasteiger partial charge in [0.1, 0.15) is 0 Å². The Balaban J connectivity index is 2.42. The molecule has 7 heteroatoms. The molecule has 0 radical (unpaired) electrons. The number of nitro groups is 1. The second kappa shape index (κ2) is 8.21. The van der Waals surface area contributed by atoms with E-state index in [1.54, 1.807) is 6.07 Å². The van der Waals surface area contributed by atoms with Crippen LogP contribution in [0.1, 0.15) is 20.3 Å². The molecule has 1 rings (SSSR count). The van der Waals surface area contributed by atoms with Gasteiger partial charge in [-0.2, -0.15) is 0 Å². The van der Waals surface area contributed by atoms with Crippen LogP contribution in [-0.4, -0.2) is 35.2 Å². The molecule has 0 aliphatic rings. The molecule has 7 nitrogen and oxygen atoms in total. The highest BCUT2D eigenvalue weighted by molar-refractivity contribution is 5.77. The van der Waals surface area contributed by atoms with Gasteiger partial charge in [0.2, 0.25) is 0 Å². The summed E-state index contributed by atoms with van der Waals surface area (Å²) < 4.78 is 5.14. The first-order valence-electron chi connectivity index (χ1n) is 6.71. The summed E-state index contributed by atoms with van der Waals surface area (Å²) in [5, 5.41) is 22.9. The quantitative estimate of drug-likeness (QED) is 0.559. The maximum atomic E-state index is 11.6. The largest absolute Gasteiger partial charge is 0.477 e. The van der Waals surface area contributed by atoms with Gasteiger partial charge in [-0.25, -0.2) is 0 Å². The third kappa shape index (κ3) is 6.22. The number of carbonyl (C=O) groups is 1. The van der Waals surface area contributed by atoms with Gasteiger partial charge in [0, 0.05) is 12.6 Å². The molecule has 21 heavy (non-hydrogen) atoms. The molecule has 116 valence electrons. The van der Waals surface area contributed by atoms with Crippen LogP contribution in [0.25, 0.3) is 0 Å². The van der Waals surface area contributed by atoms with Crippen molar-refractivity contribution in [2.75, 3.05) is 13.2 Å². The van der Waals surface area contributed by atoms with Crippen molar-refractivity contribution in [1.29, 1.82) is 0 Å². The zero-order valence-electron chi connectivity index (χ0n) is 12.1. The molecule has 0 fully saturated rings. The number of carbonyl (C=O) groups excluding carboxylic acids is 1. The molecule has 0 bridgehead atoms. The lowest BCUT2D eigenvalue weighted by atomic mass is 10.1. The molecule has 1 unspecified atom stereocenters. The van der Waals surface area contributed by atoms with Crippen LogP contribution in [0.2, 0.25) is 0 Å². The third-order valence-corrected chi connectivity index (χ3v) is 2.70. The number of aliphatic hydroxyl groups excluding tert-OH is 1. The van der Waals surface area contributed by atoms with E-state index in [2.05, 4.69) is 5.32 Å². The minimum absolute atomic E-state index is 0.0420. The molecule has 0 spiro atoms. The predicted octanol–water partition coefficient (Wildman–Crippen LogP) is 1.50. The molecule has 1 amide bonds. The molecule has 0 aromatic heterocycles. The summed E-state index contributed by atoms with van der Waals surface area (Å²) in [5.74, 6) is -0.0588. The van der Waals surface area contributed by atoms with Gasteiger partial charge >= 0.3 is 5.69 Å². The van der Waals surface area contributed by atoms with Gasteiger partial charge in [0.05, 0.1) is 11.0 Å². The van der Waals surface area contributed by atoms with E-state index in [-0.39, 0.29) is 24.6 Å². The Hall–Kier alpha value is -2.15. The Labute approximate surface area is 123 Å². The molecule has 0 aliphatic heterocycles.